The predicted octanol–water partition coefficient (Wildman–Crippen LogP) is 4.76. The summed E-state index contributed by atoms with van der Waals surface area (Å²) in [5, 5.41) is 9.24. The average Bonchev–Trinajstić information content (AvgIpc) is 2.61. The second kappa shape index (κ2) is 12.3. The fourth-order valence-corrected chi connectivity index (χ4v) is 1.53. The molecule has 0 radical (unpaired) electrons. The van der Waals surface area contributed by atoms with Gasteiger partial charge in [-0.25, -0.2) is 0 Å². The van der Waals surface area contributed by atoms with Crippen LogP contribution in [0.2, 0.25) is 0 Å². The van der Waals surface area contributed by atoms with Crippen molar-refractivity contribution in [1.82, 2.24) is 0 Å². The van der Waals surface area contributed by atoms with Crippen molar-refractivity contribution in [3.05, 3.63) is 110 Å². The maximum absolute atomic E-state index is 9.24. The molecule has 0 amide bonds. The minimum Gasteiger partial charge on any atom is -0.461 e. The predicted molar refractivity (Wildman–Crippen MR) is 97.6 cm³/mol. The van der Waals surface area contributed by atoms with Gasteiger partial charge < -0.3 is 14.6 Å². The van der Waals surface area contributed by atoms with Crippen molar-refractivity contribution in [2.45, 2.75) is 6.61 Å². The van der Waals surface area contributed by atoms with E-state index < -0.39 is 0 Å². The van der Waals surface area contributed by atoms with Gasteiger partial charge >= 0.3 is 0 Å². The summed E-state index contributed by atoms with van der Waals surface area (Å²) < 4.78 is 11.1. The highest BCUT2D eigenvalue weighted by atomic mass is 16.5. The molecule has 122 valence electrons. The van der Waals surface area contributed by atoms with Crippen LogP contribution in [-0.4, -0.2) is 5.11 Å². The van der Waals surface area contributed by atoms with Gasteiger partial charge in [-0.2, -0.15) is 0 Å². The minimum absolute atomic E-state index is 0.0726. The van der Waals surface area contributed by atoms with Crippen LogP contribution >= 0.6 is 0 Å². The smallest absolute Gasteiger partial charge is 0.169 e. The molecule has 0 atom stereocenters. The molecule has 0 fully saturated rings. The molecule has 0 aliphatic heterocycles. The van der Waals surface area contributed by atoms with Crippen LogP contribution in [0.5, 0.6) is 11.5 Å². The van der Waals surface area contributed by atoms with Crippen LogP contribution in [0.3, 0.4) is 0 Å². The number of hydrogen-bond acceptors (Lipinski definition) is 3. The van der Waals surface area contributed by atoms with E-state index in [0.29, 0.717) is 11.5 Å². The van der Waals surface area contributed by atoms with Gasteiger partial charge in [0, 0.05) is 0 Å². The highest BCUT2D eigenvalue weighted by Crippen LogP contribution is 2.29. The zero-order chi connectivity index (χ0) is 17.5. The molecule has 0 heterocycles. The maximum atomic E-state index is 9.24. The Morgan fingerprint density at radius 3 is 1.96 bits per heavy atom. The van der Waals surface area contributed by atoms with E-state index in [2.05, 4.69) is 24.6 Å². The van der Waals surface area contributed by atoms with E-state index in [9.17, 15) is 5.11 Å². The van der Waals surface area contributed by atoms with Crippen molar-refractivity contribution in [2.24, 2.45) is 0 Å². The van der Waals surface area contributed by atoms with Crippen molar-refractivity contribution in [3.8, 4) is 11.5 Å². The molecule has 0 aromatic heterocycles. The van der Waals surface area contributed by atoms with Gasteiger partial charge in [-0.05, 0) is 42.0 Å². The average molecular weight is 320 g/mol. The van der Waals surface area contributed by atoms with Crippen LogP contribution in [0, 0.1) is 0 Å². The third-order valence-electron chi connectivity index (χ3n) is 2.61. The van der Waals surface area contributed by atoms with E-state index >= 15 is 0 Å². The summed E-state index contributed by atoms with van der Waals surface area (Å²) >= 11 is 0. The monoisotopic (exact) mass is 320 g/mol. The first kappa shape index (κ1) is 18.8. The maximum Gasteiger partial charge on any atom is 0.169 e. The van der Waals surface area contributed by atoms with Gasteiger partial charge in [-0.1, -0.05) is 43.5 Å². The first-order valence-electron chi connectivity index (χ1n) is 7.24. The topological polar surface area (TPSA) is 38.7 Å². The molecule has 0 saturated heterocycles. The molecular weight excluding hydrogens is 300 g/mol. The second-order valence-electron chi connectivity index (χ2n) is 4.34. The van der Waals surface area contributed by atoms with Gasteiger partial charge in [0.1, 0.15) is 0 Å². The summed E-state index contributed by atoms with van der Waals surface area (Å²) in [7, 11) is 0. The normalized spacial score (nSPS) is 11.0. The molecule has 0 bridgehead atoms. The summed E-state index contributed by atoms with van der Waals surface area (Å²) in [5.41, 5.74) is 6.00. The summed E-state index contributed by atoms with van der Waals surface area (Å²) in [4.78, 5) is 0. The molecule has 0 aliphatic carbocycles. The van der Waals surface area contributed by atoms with E-state index in [1.165, 1.54) is 12.5 Å². The lowest BCUT2D eigenvalue weighted by Gasteiger charge is -2.08. The Bertz CT molecular complexity index is 723. The van der Waals surface area contributed by atoms with Gasteiger partial charge in [-0.3, -0.25) is 0 Å². The SMILES string of the molecule is C=C=CC=CC=COc1ccc(CO)cc1OC=CC=CC=C=C. The standard InChI is InChI=1S/C21H20O3/c1-3-5-7-9-11-15-23-20-14-13-19(18-22)17-21(20)24-16-12-10-8-6-4-2/h5-17,22H,1-2,18H2. The van der Waals surface area contributed by atoms with Crippen molar-refractivity contribution < 1.29 is 14.6 Å². The van der Waals surface area contributed by atoms with Crippen LogP contribution in [0.25, 0.3) is 0 Å². The van der Waals surface area contributed by atoms with Crippen LogP contribution in [0.4, 0.5) is 0 Å². The zero-order valence-corrected chi connectivity index (χ0v) is 13.4. The van der Waals surface area contributed by atoms with E-state index in [1.807, 2.05) is 0 Å². The Kier molecular flexibility index (Phi) is 9.68. The Morgan fingerprint density at radius 1 is 0.833 bits per heavy atom. The fraction of sp³-hybridized carbons (Fsp3) is 0.0476. The fourth-order valence-electron chi connectivity index (χ4n) is 1.53. The highest BCUT2D eigenvalue weighted by Gasteiger charge is 2.04. The first-order chi connectivity index (χ1) is 11.8. The molecule has 1 aromatic carbocycles. The quantitative estimate of drug-likeness (QED) is 0.405. The largest absolute Gasteiger partial charge is 0.461 e. The van der Waals surface area contributed by atoms with E-state index in [0.717, 1.165) is 5.56 Å². The third-order valence-corrected chi connectivity index (χ3v) is 2.61. The number of aliphatic hydroxyl groups excluding tert-OH is 1. The van der Waals surface area contributed by atoms with Crippen LogP contribution in [-0.2, 0) is 6.61 Å². The molecular formula is C21H20O3. The number of hydrogen-bond donors (Lipinski definition) is 1. The van der Waals surface area contributed by atoms with Crippen LogP contribution < -0.4 is 9.47 Å². The van der Waals surface area contributed by atoms with Gasteiger partial charge in [0.2, 0.25) is 0 Å². The van der Waals surface area contributed by atoms with Crippen LogP contribution in [0.15, 0.2) is 104 Å². The van der Waals surface area contributed by atoms with Gasteiger partial charge in [0.15, 0.2) is 11.5 Å². The molecule has 0 aliphatic rings. The van der Waals surface area contributed by atoms with Gasteiger partial charge in [0.05, 0.1) is 19.1 Å². The zero-order valence-electron chi connectivity index (χ0n) is 13.4. The summed E-state index contributed by atoms with van der Waals surface area (Å²) in [6.45, 7) is 6.85. The molecule has 0 saturated carbocycles. The molecule has 1 N–H and O–H groups in total. The van der Waals surface area contributed by atoms with Crippen molar-refractivity contribution in [1.29, 1.82) is 0 Å². The number of allylic oxidation sites excluding steroid dienone is 8. The van der Waals surface area contributed by atoms with Crippen molar-refractivity contribution >= 4 is 0 Å². The van der Waals surface area contributed by atoms with Crippen molar-refractivity contribution in [3.63, 3.8) is 0 Å². The lowest BCUT2D eigenvalue weighted by atomic mass is 10.2. The van der Waals surface area contributed by atoms with Crippen LogP contribution in [0.1, 0.15) is 5.56 Å². The molecule has 3 nitrogen and oxygen atoms in total. The first-order valence-corrected chi connectivity index (χ1v) is 7.24. The highest BCUT2D eigenvalue weighted by molar-refractivity contribution is 5.43. The number of ether oxygens (including phenoxy) is 2. The van der Waals surface area contributed by atoms with E-state index in [1.54, 1.807) is 66.8 Å². The van der Waals surface area contributed by atoms with Crippen molar-refractivity contribution in [2.75, 3.05) is 0 Å². The molecule has 0 spiro atoms. The molecule has 24 heavy (non-hydrogen) atoms. The van der Waals surface area contributed by atoms with E-state index in [-0.39, 0.29) is 6.61 Å². The lowest BCUT2D eigenvalue weighted by Crippen LogP contribution is -1.91. The Labute approximate surface area is 142 Å². The number of benzene rings is 1. The molecule has 3 heteroatoms. The Morgan fingerprint density at radius 2 is 1.42 bits per heavy atom. The lowest BCUT2D eigenvalue weighted by molar-refractivity contribution is 0.281. The van der Waals surface area contributed by atoms with E-state index in [4.69, 9.17) is 9.47 Å². The number of rotatable bonds is 9. The number of aliphatic hydroxyl groups is 1. The molecule has 1 rings (SSSR count). The third kappa shape index (κ3) is 7.69. The Hall–Kier alpha value is -3.22. The van der Waals surface area contributed by atoms with Gasteiger partial charge in [0.25, 0.3) is 0 Å². The molecule has 0 unspecified atom stereocenters. The minimum atomic E-state index is -0.0726. The van der Waals surface area contributed by atoms with Gasteiger partial charge in [-0.15, -0.1) is 11.5 Å². The molecule has 1 aromatic rings. The summed E-state index contributed by atoms with van der Waals surface area (Å²) in [6.07, 6.45) is 17.0. The Balaban J connectivity index is 2.79. The summed E-state index contributed by atoms with van der Waals surface area (Å²) in [6, 6.07) is 5.23. The summed E-state index contributed by atoms with van der Waals surface area (Å²) in [5.74, 6) is 1.04. The second-order valence-corrected chi connectivity index (χ2v) is 4.34.